The molecule has 2 heterocycles. The van der Waals surface area contributed by atoms with Gasteiger partial charge in [-0.2, -0.15) is 0 Å². The number of nitrogens with zero attached hydrogens (tertiary/aromatic N) is 1. The molecule has 26 heavy (non-hydrogen) atoms. The van der Waals surface area contributed by atoms with Crippen LogP contribution < -0.4 is 5.32 Å². The second-order valence-electron chi connectivity index (χ2n) is 6.11. The average Bonchev–Trinajstić information content (AvgIpc) is 3.30. The molecule has 7 nitrogen and oxygen atoms in total. The van der Waals surface area contributed by atoms with Crippen molar-refractivity contribution in [2.24, 2.45) is 5.92 Å². The number of rotatable bonds is 8. The highest BCUT2D eigenvalue weighted by Crippen LogP contribution is 2.18. The van der Waals surface area contributed by atoms with E-state index >= 15 is 0 Å². The number of carbonyl (C=O) groups excluding carboxylic acids is 1. The van der Waals surface area contributed by atoms with Gasteiger partial charge in [0, 0.05) is 24.6 Å². The highest BCUT2D eigenvalue weighted by Gasteiger charge is 2.23. The van der Waals surface area contributed by atoms with E-state index in [1.54, 1.807) is 18.2 Å². The van der Waals surface area contributed by atoms with Gasteiger partial charge in [0.2, 0.25) is 0 Å². The number of carbonyl (C=O) groups is 1. The van der Waals surface area contributed by atoms with E-state index in [0.717, 1.165) is 6.42 Å². The number of benzene rings is 1. The molecule has 2 N–H and O–H groups in total. The van der Waals surface area contributed by atoms with Crippen LogP contribution in [0.1, 0.15) is 33.8 Å². The maximum Gasteiger partial charge on any atom is 0.273 e. The van der Waals surface area contributed by atoms with Gasteiger partial charge in [0.1, 0.15) is 12.4 Å². The predicted octanol–water partition coefficient (Wildman–Crippen LogP) is 1.79. The maximum atomic E-state index is 13.6. The topological polar surface area (TPSA) is 93.8 Å². The van der Waals surface area contributed by atoms with Crippen molar-refractivity contribution in [1.82, 2.24) is 10.5 Å². The van der Waals surface area contributed by atoms with Gasteiger partial charge in [-0.25, -0.2) is 4.39 Å². The molecule has 1 unspecified atom stereocenters. The van der Waals surface area contributed by atoms with Gasteiger partial charge in [-0.15, -0.1) is 0 Å². The molecule has 0 bridgehead atoms. The molecule has 2 aromatic rings. The van der Waals surface area contributed by atoms with Crippen LogP contribution in [-0.4, -0.2) is 35.9 Å². The second-order valence-corrected chi connectivity index (χ2v) is 6.11. The summed E-state index contributed by atoms with van der Waals surface area (Å²) < 4.78 is 29.4. The Morgan fingerprint density at radius 2 is 2.23 bits per heavy atom. The third-order valence-corrected chi connectivity index (χ3v) is 4.27. The summed E-state index contributed by atoms with van der Waals surface area (Å²) in [7, 11) is 0. The van der Waals surface area contributed by atoms with E-state index in [1.807, 2.05) is 0 Å². The van der Waals surface area contributed by atoms with Crippen LogP contribution in [0.25, 0.3) is 0 Å². The SMILES string of the molecule is O=C(NCC1CCOC1)c1noc(COCc2ccccc2F)c1CO. The van der Waals surface area contributed by atoms with Crippen molar-refractivity contribution in [3.63, 3.8) is 0 Å². The van der Waals surface area contributed by atoms with Gasteiger partial charge in [0.05, 0.1) is 25.4 Å². The molecule has 1 aliphatic heterocycles. The molecule has 8 heteroatoms. The van der Waals surface area contributed by atoms with Crippen LogP contribution in [0.5, 0.6) is 0 Å². The summed E-state index contributed by atoms with van der Waals surface area (Å²) in [5.41, 5.74) is 0.726. The van der Waals surface area contributed by atoms with Crippen LogP contribution in [0, 0.1) is 11.7 Å². The summed E-state index contributed by atoms with van der Waals surface area (Å²) in [6, 6.07) is 6.29. The molecule has 0 aliphatic carbocycles. The molecule has 140 valence electrons. The fourth-order valence-corrected chi connectivity index (χ4v) is 2.73. The molecule has 1 saturated heterocycles. The van der Waals surface area contributed by atoms with Crippen molar-refractivity contribution in [2.45, 2.75) is 26.2 Å². The molecular formula is C18H21FN2O5. The fraction of sp³-hybridized carbons (Fsp3) is 0.444. The van der Waals surface area contributed by atoms with Crippen LogP contribution in [-0.2, 0) is 29.3 Å². The molecule has 1 fully saturated rings. The highest BCUT2D eigenvalue weighted by molar-refractivity contribution is 5.93. The van der Waals surface area contributed by atoms with Crippen LogP contribution >= 0.6 is 0 Å². The lowest BCUT2D eigenvalue weighted by atomic mass is 10.1. The Balaban J connectivity index is 1.56. The Hall–Kier alpha value is -2.29. The zero-order valence-corrected chi connectivity index (χ0v) is 14.2. The van der Waals surface area contributed by atoms with Gasteiger partial charge >= 0.3 is 0 Å². The summed E-state index contributed by atoms with van der Waals surface area (Å²) >= 11 is 0. The van der Waals surface area contributed by atoms with E-state index in [0.29, 0.717) is 25.3 Å². The largest absolute Gasteiger partial charge is 0.391 e. The Labute approximate surface area is 150 Å². The van der Waals surface area contributed by atoms with Crippen molar-refractivity contribution in [2.75, 3.05) is 19.8 Å². The molecule has 1 amide bonds. The lowest BCUT2D eigenvalue weighted by molar-refractivity contribution is 0.0843. The van der Waals surface area contributed by atoms with Crippen molar-refractivity contribution < 1.29 is 28.3 Å². The van der Waals surface area contributed by atoms with Crippen molar-refractivity contribution in [1.29, 1.82) is 0 Å². The molecule has 0 radical (unpaired) electrons. The third-order valence-electron chi connectivity index (χ3n) is 4.27. The first kappa shape index (κ1) is 18.5. The van der Waals surface area contributed by atoms with Crippen molar-refractivity contribution >= 4 is 5.91 Å². The van der Waals surface area contributed by atoms with E-state index in [-0.39, 0.29) is 42.0 Å². The normalized spacial score (nSPS) is 16.8. The first-order valence-corrected chi connectivity index (χ1v) is 8.44. The van der Waals surface area contributed by atoms with E-state index < -0.39 is 12.5 Å². The molecule has 0 spiro atoms. The molecular weight excluding hydrogens is 343 g/mol. The fourth-order valence-electron chi connectivity index (χ4n) is 2.73. The minimum absolute atomic E-state index is 0.0268. The van der Waals surface area contributed by atoms with Crippen molar-refractivity contribution in [3.8, 4) is 0 Å². The number of nitrogens with one attached hydrogen (secondary N) is 1. The Morgan fingerprint density at radius 3 is 2.96 bits per heavy atom. The lowest BCUT2D eigenvalue weighted by Gasteiger charge is -2.08. The standard InChI is InChI=1S/C18H21FN2O5/c19-15-4-2-1-3-13(15)10-25-11-16-14(8-22)17(21-26-16)18(23)20-7-12-5-6-24-9-12/h1-4,12,22H,5-11H2,(H,20,23). The molecule has 3 rings (SSSR count). The zero-order chi connectivity index (χ0) is 18.4. The van der Waals surface area contributed by atoms with Gasteiger partial charge < -0.3 is 24.4 Å². The van der Waals surface area contributed by atoms with E-state index in [2.05, 4.69) is 10.5 Å². The number of ether oxygens (including phenoxy) is 2. The summed E-state index contributed by atoms with van der Waals surface area (Å²) in [6.07, 6.45) is 0.904. The van der Waals surface area contributed by atoms with E-state index in [9.17, 15) is 14.3 Å². The summed E-state index contributed by atoms with van der Waals surface area (Å²) in [6.45, 7) is 1.42. The van der Waals surface area contributed by atoms with E-state index in [1.165, 1.54) is 6.07 Å². The minimum Gasteiger partial charge on any atom is -0.391 e. The predicted molar refractivity (Wildman–Crippen MR) is 88.6 cm³/mol. The van der Waals surface area contributed by atoms with Gasteiger partial charge in [0.25, 0.3) is 5.91 Å². The van der Waals surface area contributed by atoms with Crippen molar-refractivity contribution in [3.05, 3.63) is 52.7 Å². The molecule has 1 aromatic heterocycles. The number of aliphatic hydroxyl groups is 1. The Morgan fingerprint density at radius 1 is 1.38 bits per heavy atom. The van der Waals surface area contributed by atoms with Crippen LogP contribution in [0.2, 0.25) is 0 Å². The molecule has 1 atom stereocenters. The lowest BCUT2D eigenvalue weighted by Crippen LogP contribution is -2.30. The molecule has 0 saturated carbocycles. The number of amides is 1. The first-order valence-electron chi connectivity index (χ1n) is 8.44. The van der Waals surface area contributed by atoms with E-state index in [4.69, 9.17) is 14.0 Å². The smallest absolute Gasteiger partial charge is 0.273 e. The van der Waals surface area contributed by atoms with Gasteiger partial charge in [-0.1, -0.05) is 23.4 Å². The van der Waals surface area contributed by atoms with Gasteiger partial charge in [-0.05, 0) is 12.5 Å². The van der Waals surface area contributed by atoms with Gasteiger partial charge in [-0.3, -0.25) is 4.79 Å². The number of hydrogen-bond donors (Lipinski definition) is 2. The zero-order valence-electron chi connectivity index (χ0n) is 14.2. The summed E-state index contributed by atoms with van der Waals surface area (Å²) in [5, 5.41) is 16.1. The summed E-state index contributed by atoms with van der Waals surface area (Å²) in [5.74, 6) is -0.237. The molecule has 1 aromatic carbocycles. The number of aliphatic hydroxyl groups excluding tert-OH is 1. The van der Waals surface area contributed by atoms with Crippen LogP contribution in [0.15, 0.2) is 28.8 Å². The second kappa shape index (κ2) is 8.88. The number of halogens is 1. The Kier molecular flexibility index (Phi) is 6.32. The van der Waals surface area contributed by atoms with Crippen LogP contribution in [0.3, 0.4) is 0 Å². The maximum absolute atomic E-state index is 13.6. The Bertz CT molecular complexity index is 743. The molecule has 1 aliphatic rings. The number of aromatic nitrogens is 1. The minimum atomic E-state index is -0.412. The quantitative estimate of drug-likeness (QED) is 0.742. The number of hydrogen-bond acceptors (Lipinski definition) is 6. The highest BCUT2D eigenvalue weighted by atomic mass is 19.1. The van der Waals surface area contributed by atoms with Gasteiger partial charge in [0.15, 0.2) is 11.5 Å². The monoisotopic (exact) mass is 364 g/mol. The van der Waals surface area contributed by atoms with Crippen LogP contribution in [0.4, 0.5) is 4.39 Å². The third kappa shape index (κ3) is 4.46. The summed E-state index contributed by atoms with van der Waals surface area (Å²) in [4.78, 5) is 12.3. The average molecular weight is 364 g/mol. The first-order chi connectivity index (χ1) is 12.7.